The molecule has 8 nitrogen and oxygen atoms in total. The highest BCUT2D eigenvalue weighted by molar-refractivity contribution is 7.19. The summed E-state index contributed by atoms with van der Waals surface area (Å²) in [6, 6.07) is 5.96. The Morgan fingerprint density at radius 2 is 2.03 bits per heavy atom. The third-order valence-corrected chi connectivity index (χ3v) is 8.19. The number of Topliss-reactive ketones (excluding diaryl/α,β-unsaturated/α-hetero) is 1. The van der Waals surface area contributed by atoms with Gasteiger partial charge in [0.2, 0.25) is 5.91 Å². The van der Waals surface area contributed by atoms with Gasteiger partial charge in [-0.15, -0.1) is 16.4 Å². The van der Waals surface area contributed by atoms with Gasteiger partial charge >= 0.3 is 0 Å². The van der Waals surface area contributed by atoms with E-state index in [0.29, 0.717) is 25.9 Å². The Hall–Kier alpha value is -2.98. The first-order valence-corrected chi connectivity index (χ1v) is 12.3. The number of thiophene rings is 1. The number of amides is 1. The van der Waals surface area contributed by atoms with E-state index in [2.05, 4.69) is 24.9 Å². The number of fused-ring (bicyclic) bond motifs is 4. The summed E-state index contributed by atoms with van der Waals surface area (Å²) in [5.74, 6) is 1.23. The van der Waals surface area contributed by atoms with E-state index in [1.54, 1.807) is 17.7 Å². The van der Waals surface area contributed by atoms with Crippen molar-refractivity contribution in [2.75, 3.05) is 18.4 Å². The topological polar surface area (TPSA) is 101 Å². The molecular weight excluding hydrogens is 444 g/mol. The highest BCUT2D eigenvalue weighted by atomic mass is 32.1. The Morgan fingerprint density at radius 1 is 1.16 bits per heavy atom. The number of piperidine rings is 1. The van der Waals surface area contributed by atoms with Crippen molar-refractivity contribution in [3.8, 4) is 0 Å². The summed E-state index contributed by atoms with van der Waals surface area (Å²) in [6.45, 7) is 1.12. The summed E-state index contributed by atoms with van der Waals surface area (Å²) < 4.78 is 5.02. The van der Waals surface area contributed by atoms with Gasteiger partial charge in [-0.25, -0.2) is 9.97 Å². The zero-order chi connectivity index (χ0) is 21.7. The SMILES string of the molecule is O=C1CCN(C(=O)[C@H]2CCc3c(sc4ncnc(Nc5ccc6nnsc6c5)c34)C2)CC1. The van der Waals surface area contributed by atoms with Gasteiger partial charge in [0.15, 0.2) is 0 Å². The van der Waals surface area contributed by atoms with Crippen LogP contribution in [0.5, 0.6) is 0 Å². The number of aryl methyl sites for hydroxylation is 1. The molecule has 0 bridgehead atoms. The van der Waals surface area contributed by atoms with Crippen molar-refractivity contribution in [2.24, 2.45) is 5.92 Å². The highest BCUT2D eigenvalue weighted by Gasteiger charge is 2.32. The Bertz CT molecular complexity index is 1350. The first-order chi connectivity index (χ1) is 15.7. The molecule has 1 amide bonds. The molecule has 3 aromatic heterocycles. The molecule has 1 aliphatic carbocycles. The van der Waals surface area contributed by atoms with E-state index in [-0.39, 0.29) is 17.6 Å². The number of carbonyl (C=O) groups is 2. The summed E-state index contributed by atoms with van der Waals surface area (Å²) in [4.78, 5) is 37.7. The Labute approximate surface area is 191 Å². The van der Waals surface area contributed by atoms with Crippen LogP contribution in [0.25, 0.3) is 20.4 Å². The van der Waals surface area contributed by atoms with Crippen molar-refractivity contribution in [1.82, 2.24) is 24.5 Å². The van der Waals surface area contributed by atoms with Crippen LogP contribution in [0.2, 0.25) is 0 Å². The summed E-state index contributed by atoms with van der Waals surface area (Å²) in [6.07, 6.45) is 4.94. The smallest absolute Gasteiger partial charge is 0.226 e. The molecule has 0 radical (unpaired) electrons. The van der Waals surface area contributed by atoms with E-state index in [4.69, 9.17) is 0 Å². The minimum Gasteiger partial charge on any atom is -0.342 e. The number of hydrogen-bond acceptors (Lipinski definition) is 9. The van der Waals surface area contributed by atoms with Crippen LogP contribution in [-0.2, 0) is 22.4 Å². The standard InChI is InChI=1S/C22H20N6O2S2/c29-14-5-7-28(8-6-14)22(30)12-1-3-15-17(9-12)31-21-19(15)20(23-11-24-21)25-13-2-4-16-18(10-13)32-27-26-16/h2,4,10-12H,1,3,5-9H2,(H,23,24,25)/t12-/m0/s1. The van der Waals surface area contributed by atoms with E-state index in [0.717, 1.165) is 51.2 Å². The molecule has 6 rings (SSSR count). The van der Waals surface area contributed by atoms with Gasteiger partial charge < -0.3 is 10.2 Å². The Morgan fingerprint density at radius 3 is 2.91 bits per heavy atom. The molecule has 4 heterocycles. The molecule has 4 aromatic rings. The van der Waals surface area contributed by atoms with Gasteiger partial charge in [-0.1, -0.05) is 4.49 Å². The van der Waals surface area contributed by atoms with Crippen molar-refractivity contribution in [3.63, 3.8) is 0 Å². The zero-order valence-electron chi connectivity index (χ0n) is 17.2. The van der Waals surface area contributed by atoms with Gasteiger partial charge in [0.05, 0.1) is 10.1 Å². The van der Waals surface area contributed by atoms with Gasteiger partial charge in [0, 0.05) is 42.4 Å². The van der Waals surface area contributed by atoms with Crippen LogP contribution in [0.1, 0.15) is 29.7 Å². The maximum atomic E-state index is 13.0. The third kappa shape index (κ3) is 3.43. The minimum absolute atomic E-state index is 0.0191. The Kier molecular flexibility index (Phi) is 4.83. The average molecular weight is 465 g/mol. The van der Waals surface area contributed by atoms with E-state index < -0.39 is 0 Å². The second kappa shape index (κ2) is 7.86. The largest absolute Gasteiger partial charge is 0.342 e. The number of hydrogen-bond donors (Lipinski definition) is 1. The maximum Gasteiger partial charge on any atom is 0.226 e. The maximum absolute atomic E-state index is 13.0. The molecule has 0 saturated carbocycles. The second-order valence-corrected chi connectivity index (χ2v) is 10.2. The van der Waals surface area contributed by atoms with Crippen LogP contribution >= 0.6 is 22.9 Å². The van der Waals surface area contributed by atoms with Crippen LogP contribution in [0, 0.1) is 5.92 Å². The van der Waals surface area contributed by atoms with E-state index in [9.17, 15) is 9.59 Å². The summed E-state index contributed by atoms with van der Waals surface area (Å²) in [5, 5.41) is 8.61. The molecule has 0 unspecified atom stereocenters. The number of carbonyl (C=O) groups excluding carboxylic acids is 2. The molecule has 1 saturated heterocycles. The highest BCUT2D eigenvalue weighted by Crippen LogP contribution is 2.41. The van der Waals surface area contributed by atoms with Crippen molar-refractivity contribution in [2.45, 2.75) is 32.1 Å². The summed E-state index contributed by atoms with van der Waals surface area (Å²) in [5.41, 5.74) is 3.08. The van der Waals surface area contributed by atoms with Crippen molar-refractivity contribution >= 4 is 66.5 Å². The van der Waals surface area contributed by atoms with Gasteiger partial charge in [0.25, 0.3) is 0 Å². The predicted octanol–water partition coefficient (Wildman–Crippen LogP) is 3.74. The third-order valence-electron chi connectivity index (χ3n) is 6.34. The number of nitrogens with zero attached hydrogens (tertiary/aromatic N) is 5. The lowest BCUT2D eigenvalue weighted by atomic mass is 9.86. The minimum atomic E-state index is -0.0191. The number of benzene rings is 1. The van der Waals surface area contributed by atoms with Crippen LogP contribution in [0.4, 0.5) is 11.5 Å². The fourth-order valence-corrected chi connectivity index (χ4v) is 6.51. The lowest BCUT2D eigenvalue weighted by Gasteiger charge is -2.31. The van der Waals surface area contributed by atoms with E-state index in [1.165, 1.54) is 22.0 Å². The summed E-state index contributed by atoms with van der Waals surface area (Å²) in [7, 11) is 0. The number of rotatable bonds is 3. The second-order valence-electron chi connectivity index (χ2n) is 8.29. The average Bonchev–Trinajstić information content (AvgIpc) is 3.43. The number of nitrogens with one attached hydrogen (secondary N) is 1. The fourth-order valence-electron chi connectivity index (χ4n) is 4.64. The Balaban J connectivity index is 1.28. The van der Waals surface area contributed by atoms with Crippen LogP contribution in [0.3, 0.4) is 0 Å². The molecule has 0 spiro atoms. The monoisotopic (exact) mass is 464 g/mol. The van der Waals surface area contributed by atoms with Gasteiger partial charge in [0.1, 0.15) is 28.3 Å². The van der Waals surface area contributed by atoms with E-state index in [1.807, 2.05) is 23.1 Å². The van der Waals surface area contributed by atoms with Crippen molar-refractivity contribution in [1.29, 1.82) is 0 Å². The molecule has 1 atom stereocenters. The lowest BCUT2D eigenvalue weighted by Crippen LogP contribution is -2.43. The number of ketones is 1. The van der Waals surface area contributed by atoms with Gasteiger partial charge in [-0.05, 0) is 54.6 Å². The van der Waals surface area contributed by atoms with Crippen LogP contribution in [-0.4, -0.2) is 49.2 Å². The molecule has 10 heteroatoms. The van der Waals surface area contributed by atoms with Gasteiger partial charge in [-0.2, -0.15) is 0 Å². The first-order valence-electron chi connectivity index (χ1n) is 10.7. The number of likely N-dealkylation sites (tertiary alicyclic amines) is 1. The molecule has 1 aromatic carbocycles. The normalized spacial score (nSPS) is 18.8. The number of anilines is 2. The quantitative estimate of drug-likeness (QED) is 0.493. The molecule has 2 aliphatic rings. The van der Waals surface area contributed by atoms with Crippen LogP contribution in [0.15, 0.2) is 24.5 Å². The molecule has 1 N–H and O–H groups in total. The van der Waals surface area contributed by atoms with Crippen molar-refractivity contribution < 1.29 is 9.59 Å². The molecule has 162 valence electrons. The summed E-state index contributed by atoms with van der Waals surface area (Å²) >= 11 is 3.03. The van der Waals surface area contributed by atoms with Crippen molar-refractivity contribution in [3.05, 3.63) is 35.0 Å². The fraction of sp³-hybridized carbons (Fsp3) is 0.364. The molecule has 1 aliphatic heterocycles. The van der Waals surface area contributed by atoms with E-state index >= 15 is 0 Å². The van der Waals surface area contributed by atoms with Gasteiger partial charge in [-0.3, -0.25) is 9.59 Å². The molecule has 32 heavy (non-hydrogen) atoms. The first kappa shape index (κ1) is 19.7. The molecular formula is C22H20N6O2S2. The molecule has 1 fully saturated rings. The lowest BCUT2D eigenvalue weighted by molar-refractivity contribution is -0.138. The zero-order valence-corrected chi connectivity index (χ0v) is 18.8. The van der Waals surface area contributed by atoms with Crippen LogP contribution < -0.4 is 5.32 Å². The predicted molar refractivity (Wildman–Crippen MR) is 124 cm³/mol. The number of aromatic nitrogens is 4.